The Labute approximate surface area is 170 Å². The lowest BCUT2D eigenvalue weighted by Gasteiger charge is -2.09. The van der Waals surface area contributed by atoms with Crippen molar-refractivity contribution in [2.45, 2.75) is 33.6 Å². The number of carbonyl (C=O) groups is 4. The lowest BCUT2D eigenvalue weighted by atomic mass is 10.2. The molecule has 4 amide bonds. The summed E-state index contributed by atoms with van der Waals surface area (Å²) in [4.78, 5) is 46.6. The van der Waals surface area contributed by atoms with Crippen LogP contribution in [0.1, 0.15) is 44.0 Å². The second-order valence-electron chi connectivity index (χ2n) is 6.72. The van der Waals surface area contributed by atoms with Crippen LogP contribution in [0.2, 0.25) is 0 Å². The number of amides is 4. The van der Waals surface area contributed by atoms with Crippen LogP contribution in [0, 0.1) is 5.92 Å². The predicted octanol–water partition coefficient (Wildman–Crippen LogP) is 1.62. The highest BCUT2D eigenvalue weighted by Crippen LogP contribution is 2.12. The third kappa shape index (κ3) is 10.7. The van der Waals surface area contributed by atoms with Gasteiger partial charge in [-0.1, -0.05) is 27.2 Å². The van der Waals surface area contributed by atoms with Gasteiger partial charge in [-0.15, -0.1) is 0 Å². The largest absolute Gasteiger partial charge is 0.494 e. The van der Waals surface area contributed by atoms with Crippen molar-refractivity contribution < 1.29 is 28.7 Å². The molecule has 0 heterocycles. The van der Waals surface area contributed by atoms with E-state index >= 15 is 0 Å². The fourth-order valence-corrected chi connectivity index (χ4v) is 1.99. The summed E-state index contributed by atoms with van der Waals surface area (Å²) in [5.41, 5.74) is 0.361. The van der Waals surface area contributed by atoms with Gasteiger partial charge in [0, 0.05) is 12.1 Å². The number of esters is 1. The molecule has 3 N–H and O–H groups in total. The van der Waals surface area contributed by atoms with Crippen molar-refractivity contribution in [2.24, 2.45) is 5.92 Å². The number of imide groups is 1. The summed E-state index contributed by atoms with van der Waals surface area (Å²) in [6.45, 7) is 5.90. The van der Waals surface area contributed by atoms with E-state index in [1.165, 1.54) is 0 Å². The van der Waals surface area contributed by atoms with Gasteiger partial charge in [0.15, 0.2) is 6.61 Å². The molecule has 0 saturated heterocycles. The number of rotatable bonds is 11. The number of benzene rings is 1. The van der Waals surface area contributed by atoms with Crippen molar-refractivity contribution in [2.75, 3.05) is 26.3 Å². The van der Waals surface area contributed by atoms with Crippen LogP contribution in [0.4, 0.5) is 4.79 Å². The molecule has 1 aromatic rings. The van der Waals surface area contributed by atoms with Gasteiger partial charge in [0.05, 0.1) is 6.61 Å². The molecule has 9 nitrogen and oxygen atoms in total. The van der Waals surface area contributed by atoms with E-state index in [0.717, 1.165) is 12.8 Å². The third-order valence-electron chi connectivity index (χ3n) is 3.56. The number of carbonyl (C=O) groups excluding carboxylic acids is 4. The molecule has 0 aliphatic carbocycles. The summed E-state index contributed by atoms with van der Waals surface area (Å²) in [5, 5.41) is 6.94. The van der Waals surface area contributed by atoms with Crippen LogP contribution < -0.4 is 20.7 Å². The molecule has 160 valence electrons. The summed E-state index contributed by atoms with van der Waals surface area (Å²) < 4.78 is 10.2. The van der Waals surface area contributed by atoms with Crippen molar-refractivity contribution in [3.8, 4) is 5.75 Å². The zero-order chi connectivity index (χ0) is 21.6. The van der Waals surface area contributed by atoms with E-state index in [9.17, 15) is 19.2 Å². The van der Waals surface area contributed by atoms with E-state index in [2.05, 4.69) is 17.6 Å². The summed E-state index contributed by atoms with van der Waals surface area (Å²) in [6, 6.07) is 5.88. The molecule has 29 heavy (non-hydrogen) atoms. The van der Waals surface area contributed by atoms with E-state index < -0.39 is 37.0 Å². The Morgan fingerprint density at radius 1 is 1.03 bits per heavy atom. The van der Waals surface area contributed by atoms with Gasteiger partial charge >= 0.3 is 12.0 Å². The number of ether oxygens (including phenoxy) is 2. The zero-order valence-electron chi connectivity index (χ0n) is 17.1. The summed E-state index contributed by atoms with van der Waals surface area (Å²) in [7, 11) is 0. The molecule has 9 heteroatoms. The summed E-state index contributed by atoms with van der Waals surface area (Å²) in [6.07, 6.45) is 1.98. The molecule has 0 fully saturated rings. The highest BCUT2D eigenvalue weighted by molar-refractivity contribution is 5.97. The first kappa shape index (κ1) is 23.9. The first-order valence-corrected chi connectivity index (χ1v) is 9.56. The first-order valence-electron chi connectivity index (χ1n) is 9.56. The Kier molecular flexibility index (Phi) is 10.8. The number of urea groups is 1. The van der Waals surface area contributed by atoms with Crippen LogP contribution >= 0.6 is 0 Å². The van der Waals surface area contributed by atoms with E-state index in [-0.39, 0.29) is 5.92 Å². The number of hydrogen-bond donors (Lipinski definition) is 3. The Morgan fingerprint density at radius 3 is 2.34 bits per heavy atom. The first-order chi connectivity index (χ1) is 13.8. The SMILES string of the molecule is CCCCOc1ccc(C(=O)NCC(=O)OCC(=O)NC(=O)NCC(C)C)cc1. The second kappa shape index (κ2) is 13.1. The summed E-state index contributed by atoms with van der Waals surface area (Å²) >= 11 is 0. The Morgan fingerprint density at radius 2 is 1.72 bits per heavy atom. The average molecular weight is 407 g/mol. The molecular weight excluding hydrogens is 378 g/mol. The van der Waals surface area contributed by atoms with Gasteiger partial charge in [-0.05, 0) is 36.6 Å². The molecule has 0 aliphatic rings. The van der Waals surface area contributed by atoms with Gasteiger partial charge in [-0.3, -0.25) is 19.7 Å². The number of hydrogen-bond acceptors (Lipinski definition) is 6. The molecule has 0 saturated carbocycles. The molecule has 1 rings (SSSR count). The highest BCUT2D eigenvalue weighted by atomic mass is 16.5. The minimum Gasteiger partial charge on any atom is -0.494 e. The second-order valence-corrected chi connectivity index (χ2v) is 6.72. The van der Waals surface area contributed by atoms with Gasteiger partial charge in [-0.2, -0.15) is 0 Å². The molecule has 0 aromatic heterocycles. The van der Waals surface area contributed by atoms with Gasteiger partial charge in [0.2, 0.25) is 0 Å². The normalized spacial score (nSPS) is 10.2. The fourth-order valence-electron chi connectivity index (χ4n) is 1.99. The topological polar surface area (TPSA) is 123 Å². The Bertz CT molecular complexity index is 688. The molecule has 0 aliphatic heterocycles. The van der Waals surface area contributed by atoms with E-state index in [1.807, 2.05) is 19.2 Å². The van der Waals surface area contributed by atoms with Gasteiger partial charge in [0.25, 0.3) is 11.8 Å². The molecule has 0 radical (unpaired) electrons. The number of unbranched alkanes of at least 4 members (excludes halogenated alkanes) is 1. The quantitative estimate of drug-likeness (QED) is 0.378. The van der Waals surface area contributed by atoms with Crippen molar-refractivity contribution in [3.05, 3.63) is 29.8 Å². The predicted molar refractivity (Wildman–Crippen MR) is 107 cm³/mol. The lowest BCUT2D eigenvalue weighted by molar-refractivity contribution is -0.147. The van der Waals surface area contributed by atoms with Crippen molar-refractivity contribution in [1.29, 1.82) is 0 Å². The lowest BCUT2D eigenvalue weighted by Crippen LogP contribution is -2.43. The minimum absolute atomic E-state index is 0.238. The third-order valence-corrected chi connectivity index (χ3v) is 3.56. The van der Waals surface area contributed by atoms with Crippen LogP contribution in [0.5, 0.6) is 5.75 Å². The molecule has 0 bridgehead atoms. The minimum atomic E-state index is -0.796. The van der Waals surface area contributed by atoms with E-state index in [4.69, 9.17) is 9.47 Å². The fraction of sp³-hybridized carbons (Fsp3) is 0.500. The van der Waals surface area contributed by atoms with Gasteiger partial charge < -0.3 is 20.1 Å². The Hall–Kier alpha value is -3.10. The van der Waals surface area contributed by atoms with E-state index in [0.29, 0.717) is 24.5 Å². The maximum Gasteiger partial charge on any atom is 0.325 e. The molecule has 0 spiro atoms. The standard InChI is InChI=1S/C20H29N3O6/c1-4-5-10-28-16-8-6-15(7-9-16)19(26)21-12-18(25)29-13-17(24)23-20(27)22-11-14(2)3/h6-9,14H,4-5,10-13H2,1-3H3,(H,21,26)(H2,22,23,24,27). The molecule has 0 unspecified atom stereocenters. The van der Waals surface area contributed by atoms with Crippen LogP contribution in [0.15, 0.2) is 24.3 Å². The number of nitrogens with one attached hydrogen (secondary N) is 3. The van der Waals surface area contributed by atoms with Gasteiger partial charge in [0.1, 0.15) is 12.3 Å². The molecule has 0 atom stereocenters. The highest BCUT2D eigenvalue weighted by Gasteiger charge is 2.13. The average Bonchev–Trinajstić information content (AvgIpc) is 2.69. The summed E-state index contributed by atoms with van der Waals surface area (Å²) in [5.74, 6) is -1.11. The Balaban J connectivity index is 2.28. The zero-order valence-corrected chi connectivity index (χ0v) is 17.1. The van der Waals surface area contributed by atoms with Crippen LogP contribution in [-0.2, 0) is 14.3 Å². The van der Waals surface area contributed by atoms with Crippen molar-refractivity contribution in [1.82, 2.24) is 16.0 Å². The van der Waals surface area contributed by atoms with Gasteiger partial charge in [-0.25, -0.2) is 4.79 Å². The maximum atomic E-state index is 12.0. The van der Waals surface area contributed by atoms with Crippen LogP contribution in [0.25, 0.3) is 0 Å². The smallest absolute Gasteiger partial charge is 0.325 e. The maximum absolute atomic E-state index is 12.0. The van der Waals surface area contributed by atoms with Crippen molar-refractivity contribution >= 4 is 23.8 Å². The monoisotopic (exact) mass is 407 g/mol. The molecular formula is C20H29N3O6. The van der Waals surface area contributed by atoms with Crippen molar-refractivity contribution in [3.63, 3.8) is 0 Å². The van der Waals surface area contributed by atoms with Crippen LogP contribution in [0.3, 0.4) is 0 Å². The molecule has 1 aromatic carbocycles. The van der Waals surface area contributed by atoms with Crippen LogP contribution in [-0.4, -0.2) is 50.1 Å². The van der Waals surface area contributed by atoms with E-state index in [1.54, 1.807) is 24.3 Å².